The van der Waals surface area contributed by atoms with Gasteiger partial charge in [-0.05, 0) is 78.2 Å². The predicted octanol–water partition coefficient (Wildman–Crippen LogP) is 4.89. The van der Waals surface area contributed by atoms with Crippen molar-refractivity contribution in [2.24, 2.45) is 0 Å². The van der Waals surface area contributed by atoms with E-state index in [2.05, 4.69) is 24.2 Å². The van der Waals surface area contributed by atoms with Crippen molar-refractivity contribution in [3.63, 3.8) is 0 Å². The lowest BCUT2D eigenvalue weighted by Gasteiger charge is -2.26. The van der Waals surface area contributed by atoms with Crippen molar-refractivity contribution in [2.45, 2.75) is 37.6 Å². The van der Waals surface area contributed by atoms with E-state index in [9.17, 15) is 13.2 Å². The summed E-state index contributed by atoms with van der Waals surface area (Å²) in [4.78, 5) is 12.5. The van der Waals surface area contributed by atoms with Crippen LogP contribution in [0.1, 0.15) is 30.0 Å². The molecule has 0 radical (unpaired) electrons. The third-order valence-electron chi connectivity index (χ3n) is 6.24. The lowest BCUT2D eigenvalue weighted by molar-refractivity contribution is -0.107. The maximum absolute atomic E-state index is 12.8. The molecule has 4 rings (SSSR count). The van der Waals surface area contributed by atoms with Gasteiger partial charge in [-0.1, -0.05) is 30.7 Å². The molecule has 0 amide bonds. The van der Waals surface area contributed by atoms with Gasteiger partial charge in [0.15, 0.2) is 0 Å². The number of thiophene rings is 1. The highest BCUT2D eigenvalue weighted by Crippen LogP contribution is 2.24. The highest BCUT2D eigenvalue weighted by atomic mass is 35.5. The molecular weight excluding hydrogens is 554 g/mol. The molecular formula is C29H38ClN3O4S2. The summed E-state index contributed by atoms with van der Waals surface area (Å²) in [5.74, 6) is 0.876. The molecule has 3 aromatic rings. The minimum absolute atomic E-state index is 0.364. The van der Waals surface area contributed by atoms with Gasteiger partial charge in [0.05, 0.1) is 11.5 Å². The van der Waals surface area contributed by atoms with Gasteiger partial charge in [0, 0.05) is 56.3 Å². The minimum Gasteiger partial charge on any atom is -0.493 e. The highest BCUT2D eigenvalue weighted by molar-refractivity contribution is 7.89. The summed E-state index contributed by atoms with van der Waals surface area (Å²) in [5.41, 5.74) is 3.30. The molecule has 39 heavy (non-hydrogen) atoms. The molecule has 0 aliphatic carbocycles. The van der Waals surface area contributed by atoms with Gasteiger partial charge in [-0.3, -0.25) is 0 Å². The summed E-state index contributed by atoms with van der Waals surface area (Å²) >= 11 is 7.81. The Morgan fingerprint density at radius 1 is 1.10 bits per heavy atom. The Morgan fingerprint density at radius 3 is 2.49 bits per heavy atom. The molecule has 1 aliphatic heterocycles. The smallest absolute Gasteiger partial charge is 0.243 e. The molecule has 1 aromatic heterocycles. The molecule has 2 aromatic carbocycles. The first-order valence-corrected chi connectivity index (χ1v) is 15.9. The van der Waals surface area contributed by atoms with Crippen molar-refractivity contribution in [3.05, 3.63) is 81.0 Å². The average molecular weight is 592 g/mol. The van der Waals surface area contributed by atoms with Crippen LogP contribution in [0.25, 0.3) is 0 Å². The van der Waals surface area contributed by atoms with E-state index < -0.39 is 10.0 Å². The van der Waals surface area contributed by atoms with Gasteiger partial charge in [-0.25, -0.2) is 8.42 Å². The summed E-state index contributed by atoms with van der Waals surface area (Å²) in [5, 5.41) is 7.84. The van der Waals surface area contributed by atoms with E-state index in [0.717, 1.165) is 54.7 Å². The van der Waals surface area contributed by atoms with Crippen LogP contribution in [-0.2, 0) is 34.2 Å². The van der Waals surface area contributed by atoms with Crippen molar-refractivity contribution in [1.82, 2.24) is 14.5 Å². The van der Waals surface area contributed by atoms with Gasteiger partial charge in [0.25, 0.3) is 0 Å². The first-order chi connectivity index (χ1) is 18.8. The normalized spacial score (nSPS) is 14.1. The van der Waals surface area contributed by atoms with E-state index >= 15 is 0 Å². The van der Waals surface area contributed by atoms with E-state index in [1.54, 1.807) is 27.8 Å². The third-order valence-corrected chi connectivity index (χ3v) is 9.12. The highest BCUT2D eigenvalue weighted by Gasteiger charge is 2.25. The number of hydrogen-bond acceptors (Lipinski definition) is 7. The second-order valence-electron chi connectivity index (χ2n) is 9.39. The fourth-order valence-corrected chi connectivity index (χ4v) is 6.40. The first-order valence-electron chi connectivity index (χ1n) is 13.2. The zero-order valence-corrected chi connectivity index (χ0v) is 25.0. The van der Waals surface area contributed by atoms with Crippen LogP contribution < -0.4 is 10.1 Å². The molecule has 0 bridgehead atoms. The zero-order chi connectivity index (χ0) is 28.1. The molecule has 7 nitrogen and oxygen atoms in total. The second-order valence-corrected chi connectivity index (χ2v) is 12.5. The van der Waals surface area contributed by atoms with Crippen LogP contribution in [0, 0.1) is 0 Å². The van der Waals surface area contributed by atoms with Crippen LogP contribution in [0.5, 0.6) is 5.75 Å². The minimum atomic E-state index is -3.41. The van der Waals surface area contributed by atoms with Gasteiger partial charge < -0.3 is 19.7 Å². The standard InChI is InChI=1S/C23H32ClN3O3S.C6H6OS/c1-3-16-30-23-9-6-21(24)17-20(23)18-26(2)13-10-19-4-7-22(8-5-19)31(28,29)27-14-11-25-12-15-27;7-3-1-6-2-4-8-5-6/h4-9,17,25H,3,10-16,18H2,1-2H3;2-5H,1H2. The van der Waals surface area contributed by atoms with Gasteiger partial charge in [-0.15, -0.1) is 0 Å². The lowest BCUT2D eigenvalue weighted by atomic mass is 10.1. The number of carbonyl (C=O) groups is 1. The number of rotatable bonds is 12. The summed E-state index contributed by atoms with van der Waals surface area (Å²) in [6, 6.07) is 15.0. The topological polar surface area (TPSA) is 79.0 Å². The van der Waals surface area contributed by atoms with E-state index in [0.29, 0.717) is 49.1 Å². The zero-order valence-electron chi connectivity index (χ0n) is 22.6. The first kappa shape index (κ1) is 31.3. The van der Waals surface area contributed by atoms with Gasteiger partial charge in [0.1, 0.15) is 12.0 Å². The van der Waals surface area contributed by atoms with E-state index in [4.69, 9.17) is 16.3 Å². The number of nitrogens with one attached hydrogen (secondary N) is 1. The molecule has 1 N–H and O–H groups in total. The molecule has 10 heteroatoms. The molecule has 2 heterocycles. The number of halogens is 1. The maximum Gasteiger partial charge on any atom is 0.243 e. The van der Waals surface area contributed by atoms with Gasteiger partial charge in [-0.2, -0.15) is 15.6 Å². The Hall–Kier alpha value is -2.27. The Morgan fingerprint density at radius 2 is 1.85 bits per heavy atom. The Kier molecular flexibility index (Phi) is 12.9. The second kappa shape index (κ2) is 16.1. The summed E-state index contributed by atoms with van der Waals surface area (Å²) in [6.45, 7) is 6.76. The van der Waals surface area contributed by atoms with Crippen LogP contribution in [0.15, 0.2) is 64.2 Å². The number of aldehydes is 1. The maximum atomic E-state index is 12.8. The SMILES string of the molecule is CCCOc1ccc(Cl)cc1CN(C)CCc1ccc(S(=O)(=O)N2CCNCC2)cc1.O=CCc1ccsc1. The lowest BCUT2D eigenvalue weighted by Crippen LogP contribution is -2.46. The van der Waals surface area contributed by atoms with Crippen molar-refractivity contribution in [2.75, 3.05) is 46.4 Å². The predicted molar refractivity (Wildman–Crippen MR) is 159 cm³/mol. The summed E-state index contributed by atoms with van der Waals surface area (Å²) < 4.78 is 32.9. The molecule has 1 saturated heterocycles. The number of benzene rings is 2. The van der Waals surface area contributed by atoms with Crippen molar-refractivity contribution in [1.29, 1.82) is 0 Å². The van der Waals surface area contributed by atoms with E-state index in [-0.39, 0.29) is 0 Å². The number of nitrogens with zero attached hydrogens (tertiary/aromatic N) is 2. The summed E-state index contributed by atoms with van der Waals surface area (Å²) in [6.07, 6.45) is 3.26. The van der Waals surface area contributed by atoms with Crippen LogP contribution in [0.2, 0.25) is 5.02 Å². The fourth-order valence-electron chi connectivity index (χ4n) is 4.08. The van der Waals surface area contributed by atoms with Crippen molar-refractivity contribution >= 4 is 39.2 Å². The van der Waals surface area contributed by atoms with E-state index in [1.165, 1.54) is 0 Å². The van der Waals surface area contributed by atoms with Crippen LogP contribution in [-0.4, -0.2) is 70.3 Å². The number of ether oxygens (including phenoxy) is 1. The number of hydrogen-bond donors (Lipinski definition) is 1. The van der Waals surface area contributed by atoms with Gasteiger partial charge >= 0.3 is 0 Å². The monoisotopic (exact) mass is 591 g/mol. The third kappa shape index (κ3) is 10.0. The van der Waals surface area contributed by atoms with Crippen LogP contribution in [0.4, 0.5) is 0 Å². The number of likely N-dealkylation sites (N-methyl/N-ethyl adjacent to an activating group) is 1. The molecule has 1 aliphatic rings. The Balaban J connectivity index is 0.000000449. The van der Waals surface area contributed by atoms with Crippen molar-refractivity contribution < 1.29 is 17.9 Å². The number of carbonyl (C=O) groups excluding carboxylic acids is 1. The molecule has 0 saturated carbocycles. The van der Waals surface area contributed by atoms with Crippen molar-refractivity contribution in [3.8, 4) is 5.75 Å². The quantitative estimate of drug-likeness (QED) is 0.302. The Labute approximate surface area is 241 Å². The molecule has 0 unspecified atom stereocenters. The molecule has 0 atom stereocenters. The number of sulfonamides is 1. The van der Waals surface area contributed by atoms with E-state index in [1.807, 2.05) is 47.2 Å². The summed E-state index contributed by atoms with van der Waals surface area (Å²) in [7, 11) is -1.35. The molecule has 0 spiro atoms. The van der Waals surface area contributed by atoms with Crippen LogP contribution >= 0.6 is 22.9 Å². The van der Waals surface area contributed by atoms with Gasteiger partial charge in [0.2, 0.25) is 10.0 Å². The molecule has 1 fully saturated rings. The largest absolute Gasteiger partial charge is 0.493 e. The average Bonchev–Trinajstić information content (AvgIpc) is 3.46. The Bertz CT molecular complexity index is 1250. The fraction of sp³-hybridized carbons (Fsp3) is 0.414. The van der Waals surface area contributed by atoms with Crippen LogP contribution in [0.3, 0.4) is 0 Å². The molecule has 212 valence electrons. The number of piperazine rings is 1.